The predicted molar refractivity (Wildman–Crippen MR) is 80.9 cm³/mol. The van der Waals surface area contributed by atoms with E-state index in [4.69, 9.17) is 16.2 Å². The lowest BCUT2D eigenvalue weighted by molar-refractivity contribution is 0.1000. The van der Waals surface area contributed by atoms with Crippen LogP contribution < -0.4 is 16.2 Å². The van der Waals surface area contributed by atoms with Gasteiger partial charge in [-0.2, -0.15) is 0 Å². The molecule has 0 saturated carbocycles. The fourth-order valence-corrected chi connectivity index (χ4v) is 2.70. The fraction of sp³-hybridized carbons (Fsp3) is 0.267. The van der Waals surface area contributed by atoms with Crippen LogP contribution in [0.15, 0.2) is 41.8 Å². The average Bonchev–Trinajstić information content (AvgIpc) is 2.98. The SMILES string of the molecule is CCC(N)C(Oc1ccc(C(N)=O)cc1)c1cccs1. The molecule has 2 unspecified atom stereocenters. The van der Waals surface area contributed by atoms with E-state index < -0.39 is 5.91 Å². The van der Waals surface area contributed by atoms with Gasteiger partial charge in [-0.15, -0.1) is 11.3 Å². The van der Waals surface area contributed by atoms with Crippen LogP contribution in [0.4, 0.5) is 0 Å². The summed E-state index contributed by atoms with van der Waals surface area (Å²) in [4.78, 5) is 12.1. The van der Waals surface area contributed by atoms with Gasteiger partial charge in [0.25, 0.3) is 0 Å². The minimum atomic E-state index is -0.448. The highest BCUT2D eigenvalue weighted by molar-refractivity contribution is 7.10. The van der Waals surface area contributed by atoms with E-state index in [0.29, 0.717) is 11.3 Å². The van der Waals surface area contributed by atoms with Crippen LogP contribution in [0, 0.1) is 0 Å². The van der Waals surface area contributed by atoms with E-state index in [-0.39, 0.29) is 12.1 Å². The number of hydrogen-bond donors (Lipinski definition) is 2. The van der Waals surface area contributed by atoms with Crippen molar-refractivity contribution >= 4 is 17.2 Å². The quantitative estimate of drug-likeness (QED) is 0.858. The van der Waals surface area contributed by atoms with E-state index in [9.17, 15) is 4.79 Å². The topological polar surface area (TPSA) is 78.3 Å². The number of rotatable bonds is 6. The molecule has 0 bridgehead atoms. The summed E-state index contributed by atoms with van der Waals surface area (Å²) in [6, 6.07) is 10.7. The minimum absolute atomic E-state index is 0.0792. The molecule has 20 heavy (non-hydrogen) atoms. The number of primary amides is 1. The van der Waals surface area contributed by atoms with E-state index >= 15 is 0 Å². The Hall–Kier alpha value is -1.85. The van der Waals surface area contributed by atoms with Crippen LogP contribution in [-0.4, -0.2) is 11.9 Å². The fourth-order valence-electron chi connectivity index (χ4n) is 1.87. The zero-order valence-electron chi connectivity index (χ0n) is 11.3. The molecule has 4 N–H and O–H groups in total. The van der Waals surface area contributed by atoms with Crippen molar-refractivity contribution in [1.29, 1.82) is 0 Å². The van der Waals surface area contributed by atoms with Crippen molar-refractivity contribution in [3.8, 4) is 5.75 Å². The first kappa shape index (κ1) is 14.6. The summed E-state index contributed by atoms with van der Waals surface area (Å²) in [5.74, 6) is 0.230. The van der Waals surface area contributed by atoms with Crippen LogP contribution in [0.3, 0.4) is 0 Å². The number of amides is 1. The molecule has 0 aliphatic heterocycles. The van der Waals surface area contributed by atoms with Crippen LogP contribution in [0.25, 0.3) is 0 Å². The largest absolute Gasteiger partial charge is 0.483 e. The molecular weight excluding hydrogens is 272 g/mol. The third kappa shape index (κ3) is 3.37. The normalized spacial score (nSPS) is 13.7. The van der Waals surface area contributed by atoms with Crippen molar-refractivity contribution in [2.75, 3.05) is 0 Å². The Labute approximate surface area is 122 Å². The Bertz CT molecular complexity index is 552. The number of benzene rings is 1. The first-order chi connectivity index (χ1) is 9.61. The third-order valence-corrected chi connectivity index (χ3v) is 4.02. The zero-order valence-corrected chi connectivity index (χ0v) is 12.1. The Morgan fingerprint density at radius 1 is 1.30 bits per heavy atom. The predicted octanol–water partition coefficient (Wildman–Crippen LogP) is 2.70. The highest BCUT2D eigenvalue weighted by Gasteiger charge is 2.21. The Kier molecular flexibility index (Phi) is 4.76. The van der Waals surface area contributed by atoms with E-state index in [1.807, 2.05) is 24.4 Å². The lowest BCUT2D eigenvalue weighted by atomic mass is 10.1. The first-order valence-electron chi connectivity index (χ1n) is 6.47. The molecule has 1 amide bonds. The maximum atomic E-state index is 11.0. The molecule has 5 heteroatoms. The molecule has 0 fully saturated rings. The minimum Gasteiger partial charge on any atom is -0.483 e. The molecule has 1 aromatic heterocycles. The summed E-state index contributed by atoms with van der Waals surface area (Å²) >= 11 is 1.62. The number of ether oxygens (including phenoxy) is 1. The zero-order chi connectivity index (χ0) is 14.5. The number of hydrogen-bond acceptors (Lipinski definition) is 4. The van der Waals surface area contributed by atoms with E-state index in [0.717, 1.165) is 11.3 Å². The highest BCUT2D eigenvalue weighted by Crippen LogP contribution is 2.28. The van der Waals surface area contributed by atoms with Gasteiger partial charge in [-0.25, -0.2) is 0 Å². The van der Waals surface area contributed by atoms with Gasteiger partial charge in [-0.05, 0) is 42.1 Å². The van der Waals surface area contributed by atoms with Gasteiger partial charge in [0.15, 0.2) is 0 Å². The van der Waals surface area contributed by atoms with Gasteiger partial charge in [-0.1, -0.05) is 13.0 Å². The monoisotopic (exact) mass is 290 g/mol. The molecule has 2 rings (SSSR count). The second kappa shape index (κ2) is 6.54. The van der Waals surface area contributed by atoms with Gasteiger partial charge in [0.1, 0.15) is 11.9 Å². The molecule has 0 saturated heterocycles. The Morgan fingerprint density at radius 3 is 2.50 bits per heavy atom. The molecule has 1 aromatic carbocycles. The lowest BCUT2D eigenvalue weighted by Crippen LogP contribution is -2.30. The Morgan fingerprint density at radius 2 is 2.00 bits per heavy atom. The second-order valence-corrected chi connectivity index (χ2v) is 5.49. The van der Waals surface area contributed by atoms with Crippen LogP contribution >= 0.6 is 11.3 Å². The highest BCUT2D eigenvalue weighted by atomic mass is 32.1. The van der Waals surface area contributed by atoms with E-state index in [1.165, 1.54) is 0 Å². The van der Waals surface area contributed by atoms with Crippen molar-refractivity contribution in [3.05, 3.63) is 52.2 Å². The van der Waals surface area contributed by atoms with Gasteiger partial charge < -0.3 is 16.2 Å². The average molecular weight is 290 g/mol. The first-order valence-corrected chi connectivity index (χ1v) is 7.35. The van der Waals surface area contributed by atoms with Crippen molar-refractivity contribution in [2.24, 2.45) is 11.5 Å². The van der Waals surface area contributed by atoms with Crippen LogP contribution in [0.1, 0.15) is 34.7 Å². The molecule has 0 aliphatic rings. The maximum Gasteiger partial charge on any atom is 0.248 e. The molecule has 106 valence electrons. The van der Waals surface area contributed by atoms with Gasteiger partial charge >= 0.3 is 0 Å². The van der Waals surface area contributed by atoms with Gasteiger partial charge in [0.05, 0.1) is 0 Å². The summed E-state index contributed by atoms with van der Waals surface area (Å²) < 4.78 is 5.98. The molecule has 0 spiro atoms. The molecular formula is C15H18N2O2S. The van der Waals surface area contributed by atoms with Crippen LogP contribution in [0.2, 0.25) is 0 Å². The molecule has 2 aromatic rings. The van der Waals surface area contributed by atoms with E-state index in [2.05, 4.69) is 0 Å². The molecule has 1 heterocycles. The number of thiophene rings is 1. The molecule has 4 nitrogen and oxygen atoms in total. The van der Waals surface area contributed by atoms with Crippen molar-refractivity contribution in [3.63, 3.8) is 0 Å². The van der Waals surface area contributed by atoms with Crippen molar-refractivity contribution in [2.45, 2.75) is 25.5 Å². The summed E-state index contributed by atoms with van der Waals surface area (Å²) in [5, 5.41) is 2.00. The van der Waals surface area contributed by atoms with Crippen LogP contribution in [0.5, 0.6) is 5.75 Å². The smallest absolute Gasteiger partial charge is 0.248 e. The summed E-state index contributed by atoms with van der Waals surface area (Å²) in [6.07, 6.45) is 0.640. The summed E-state index contributed by atoms with van der Waals surface area (Å²) in [6.45, 7) is 2.03. The van der Waals surface area contributed by atoms with Crippen molar-refractivity contribution in [1.82, 2.24) is 0 Å². The third-order valence-electron chi connectivity index (χ3n) is 3.09. The molecule has 0 radical (unpaired) electrons. The van der Waals surface area contributed by atoms with Gasteiger partial charge in [-0.3, -0.25) is 4.79 Å². The maximum absolute atomic E-state index is 11.0. The molecule has 2 atom stereocenters. The number of carbonyl (C=O) groups excluding carboxylic acids is 1. The number of nitrogens with two attached hydrogens (primary N) is 2. The van der Waals surface area contributed by atoms with Crippen LogP contribution in [-0.2, 0) is 0 Å². The van der Waals surface area contributed by atoms with Gasteiger partial charge in [0, 0.05) is 16.5 Å². The molecule has 0 aliphatic carbocycles. The lowest BCUT2D eigenvalue weighted by Gasteiger charge is -2.23. The van der Waals surface area contributed by atoms with E-state index in [1.54, 1.807) is 35.6 Å². The van der Waals surface area contributed by atoms with Crippen molar-refractivity contribution < 1.29 is 9.53 Å². The standard InChI is InChI=1S/C15H18N2O2S/c1-2-12(16)14(13-4-3-9-20-13)19-11-7-5-10(6-8-11)15(17)18/h3-9,12,14H,2,16H2,1H3,(H2,17,18). The summed E-state index contributed by atoms with van der Waals surface area (Å²) in [7, 11) is 0. The Balaban J connectivity index is 2.17. The summed E-state index contributed by atoms with van der Waals surface area (Å²) in [5.41, 5.74) is 11.8. The van der Waals surface area contributed by atoms with Gasteiger partial charge in [0.2, 0.25) is 5.91 Å². The number of carbonyl (C=O) groups is 1. The second-order valence-electron chi connectivity index (χ2n) is 4.51.